The Morgan fingerprint density at radius 2 is 1.89 bits per heavy atom. The lowest BCUT2D eigenvalue weighted by Gasteiger charge is -2.62. The van der Waals surface area contributed by atoms with E-state index in [1.54, 1.807) is 30.3 Å². The summed E-state index contributed by atoms with van der Waals surface area (Å²) in [5, 5.41) is 37.6. The Hall–Kier alpha value is -3.36. The Labute approximate surface area is 214 Å². The molecule has 2 aromatic carbocycles. The van der Waals surface area contributed by atoms with Crippen LogP contribution in [0.2, 0.25) is 0 Å². The normalized spacial score (nSPS) is 31.5. The second-order valence-corrected chi connectivity index (χ2v) is 11.4. The summed E-state index contributed by atoms with van der Waals surface area (Å²) in [5.74, 6) is 0.144. The minimum absolute atomic E-state index is 0.0174. The lowest BCUT2D eigenvalue weighted by molar-refractivity contribution is -0.172. The van der Waals surface area contributed by atoms with Gasteiger partial charge >= 0.3 is 0 Å². The first kappa shape index (κ1) is 22.8. The van der Waals surface area contributed by atoms with Crippen molar-refractivity contribution in [1.29, 1.82) is 0 Å². The third kappa shape index (κ3) is 3.03. The number of aliphatic hydroxyl groups is 2. The number of piperidine rings is 1. The van der Waals surface area contributed by atoms with Gasteiger partial charge in [0.05, 0.1) is 16.6 Å². The van der Waals surface area contributed by atoms with E-state index in [4.69, 9.17) is 4.74 Å². The fraction of sp³-hybridized carbons (Fsp3) is 0.448. The van der Waals surface area contributed by atoms with Crippen LogP contribution in [0.5, 0.6) is 11.5 Å². The number of likely N-dealkylation sites (tertiary alicyclic amines) is 1. The molecule has 2 fully saturated rings. The second-order valence-electron chi connectivity index (χ2n) is 11.4. The van der Waals surface area contributed by atoms with E-state index < -0.39 is 23.0 Å². The summed E-state index contributed by atoms with van der Waals surface area (Å²) < 4.78 is 6.23. The van der Waals surface area contributed by atoms with Gasteiger partial charge in [-0.15, -0.1) is 0 Å². The topological polar surface area (TPSA) is 119 Å². The molecule has 3 aliphatic carbocycles. The molecule has 2 aliphatic heterocycles. The van der Waals surface area contributed by atoms with Gasteiger partial charge in [-0.2, -0.15) is 0 Å². The first-order valence-corrected chi connectivity index (χ1v) is 13.1. The van der Waals surface area contributed by atoms with Gasteiger partial charge in [-0.25, -0.2) is 0 Å². The van der Waals surface area contributed by atoms with Gasteiger partial charge in [0.15, 0.2) is 23.4 Å². The quantitative estimate of drug-likeness (QED) is 0.464. The van der Waals surface area contributed by atoms with E-state index in [0.717, 1.165) is 24.2 Å². The summed E-state index contributed by atoms with van der Waals surface area (Å²) in [6, 6.07) is 9.85. The van der Waals surface area contributed by atoms with Crippen molar-refractivity contribution in [2.45, 2.75) is 62.2 Å². The molecule has 0 radical (unpaired) electrons. The number of ketones is 1. The molecule has 8 heteroatoms. The highest BCUT2D eigenvalue weighted by Crippen LogP contribution is 2.66. The molecule has 1 saturated carbocycles. The number of rotatable bonds is 5. The van der Waals surface area contributed by atoms with Crippen LogP contribution in [0.3, 0.4) is 0 Å². The molecule has 8 nitrogen and oxygen atoms in total. The number of ether oxygens (including phenoxy) is 1. The monoisotopic (exact) mass is 502 g/mol. The number of carbonyl (C=O) groups is 2. The number of hydrogen-bond acceptors (Lipinski definition) is 7. The highest BCUT2D eigenvalue weighted by atomic mass is 16.5. The molecule has 37 heavy (non-hydrogen) atoms. The summed E-state index contributed by atoms with van der Waals surface area (Å²) >= 11 is 0. The van der Waals surface area contributed by atoms with Gasteiger partial charge in [0.1, 0.15) is 5.76 Å². The molecule has 4 atom stereocenters. The number of hydrogen-bond donors (Lipinski definition) is 4. The van der Waals surface area contributed by atoms with Crippen molar-refractivity contribution < 1.29 is 29.6 Å². The largest absolute Gasteiger partial charge is 0.508 e. The van der Waals surface area contributed by atoms with Crippen LogP contribution in [-0.2, 0) is 16.6 Å². The van der Waals surface area contributed by atoms with Crippen LogP contribution in [0.15, 0.2) is 47.7 Å². The lowest BCUT2D eigenvalue weighted by Crippen LogP contribution is -2.75. The Morgan fingerprint density at radius 1 is 1.14 bits per heavy atom. The fourth-order valence-electron chi connectivity index (χ4n) is 7.36. The number of nitrogens with one attached hydrogen (secondary N) is 1. The van der Waals surface area contributed by atoms with Crippen LogP contribution >= 0.6 is 0 Å². The molecule has 4 N–H and O–H groups in total. The fourth-order valence-corrected chi connectivity index (χ4v) is 7.36. The standard InChI is InChI=1S/C29H30N2O6/c1-15(32)17-4-7-19(8-5-17)30-27(35)20-13-29(36)22-12-18-6-9-21(33)25-23(18)28(29,26(37-25)24(20)34)10-11-31(22)14-16-2-3-16/h4-9,16,22,26,33-34,36H,2-3,10-14H2,1H3,(H,30,35)/t22-,26+,28+,29-/m1/s1. The number of Topliss-reactive ketones (excluding diaryl/α,β-unsaturated/α-hetero) is 1. The molecule has 2 aromatic rings. The molecule has 2 heterocycles. The highest BCUT2D eigenvalue weighted by Gasteiger charge is 2.73. The van der Waals surface area contributed by atoms with Gasteiger partial charge in [0.2, 0.25) is 0 Å². The van der Waals surface area contributed by atoms with Crippen molar-refractivity contribution in [3.63, 3.8) is 0 Å². The first-order chi connectivity index (χ1) is 17.7. The summed E-state index contributed by atoms with van der Waals surface area (Å²) in [4.78, 5) is 27.5. The number of aromatic hydroxyl groups is 1. The number of carbonyl (C=O) groups excluding carboxylic acids is 2. The van der Waals surface area contributed by atoms with Gasteiger partial charge in [0.25, 0.3) is 5.91 Å². The summed E-state index contributed by atoms with van der Waals surface area (Å²) in [5.41, 5.74) is 0.632. The smallest absolute Gasteiger partial charge is 0.255 e. The average molecular weight is 503 g/mol. The predicted octanol–water partition coefficient (Wildman–Crippen LogP) is 3.22. The van der Waals surface area contributed by atoms with Crippen molar-refractivity contribution in [3.8, 4) is 11.5 Å². The van der Waals surface area contributed by atoms with Crippen LogP contribution < -0.4 is 10.1 Å². The minimum atomic E-state index is -1.35. The molecule has 0 aromatic heterocycles. The molecular formula is C29H30N2O6. The number of nitrogens with zero attached hydrogens (tertiary/aromatic N) is 1. The third-order valence-corrected chi connectivity index (χ3v) is 9.34. The number of aliphatic hydroxyl groups excluding tert-OH is 1. The van der Waals surface area contributed by atoms with Crippen LogP contribution in [0, 0.1) is 5.92 Å². The van der Waals surface area contributed by atoms with Gasteiger partial charge < -0.3 is 25.4 Å². The maximum Gasteiger partial charge on any atom is 0.255 e. The molecule has 5 aliphatic rings. The molecule has 1 saturated heterocycles. The number of amides is 1. The molecule has 1 amide bonds. The van der Waals surface area contributed by atoms with Crippen molar-refractivity contribution in [2.24, 2.45) is 5.92 Å². The van der Waals surface area contributed by atoms with Gasteiger partial charge in [-0.3, -0.25) is 14.5 Å². The molecule has 2 bridgehead atoms. The van der Waals surface area contributed by atoms with E-state index in [0.29, 0.717) is 35.8 Å². The Bertz CT molecular complexity index is 1380. The van der Waals surface area contributed by atoms with Crippen LogP contribution in [-0.4, -0.2) is 62.7 Å². The van der Waals surface area contributed by atoms with Crippen LogP contribution in [0.4, 0.5) is 5.69 Å². The number of phenols is 1. The van der Waals surface area contributed by atoms with Crippen LogP contribution in [0.25, 0.3) is 0 Å². The van der Waals surface area contributed by atoms with Crippen molar-refractivity contribution >= 4 is 17.4 Å². The molecule has 7 rings (SSSR count). The Balaban J connectivity index is 1.31. The predicted molar refractivity (Wildman–Crippen MR) is 135 cm³/mol. The van der Waals surface area contributed by atoms with Crippen LogP contribution in [0.1, 0.15) is 54.1 Å². The number of benzene rings is 2. The molecule has 1 spiro atoms. The lowest BCUT2D eigenvalue weighted by atomic mass is 9.49. The summed E-state index contributed by atoms with van der Waals surface area (Å²) in [7, 11) is 0. The Kier molecular flexibility index (Phi) is 4.67. The van der Waals surface area contributed by atoms with Gasteiger partial charge in [-0.05, 0) is 81.0 Å². The van der Waals surface area contributed by atoms with Crippen molar-refractivity contribution in [2.75, 3.05) is 18.4 Å². The maximum atomic E-state index is 13.5. The third-order valence-electron chi connectivity index (χ3n) is 9.34. The minimum Gasteiger partial charge on any atom is -0.508 e. The number of anilines is 1. The maximum absolute atomic E-state index is 13.5. The van der Waals surface area contributed by atoms with E-state index in [-0.39, 0.29) is 35.3 Å². The van der Waals surface area contributed by atoms with E-state index in [1.807, 2.05) is 6.07 Å². The zero-order valence-corrected chi connectivity index (χ0v) is 20.7. The highest BCUT2D eigenvalue weighted by molar-refractivity contribution is 6.05. The van der Waals surface area contributed by atoms with Crippen molar-refractivity contribution in [1.82, 2.24) is 4.90 Å². The zero-order valence-electron chi connectivity index (χ0n) is 20.7. The molecule has 0 unspecified atom stereocenters. The van der Waals surface area contributed by atoms with E-state index in [2.05, 4.69) is 10.2 Å². The zero-order chi connectivity index (χ0) is 25.7. The van der Waals surface area contributed by atoms with Crippen molar-refractivity contribution in [3.05, 3.63) is 64.4 Å². The Morgan fingerprint density at radius 3 is 2.59 bits per heavy atom. The first-order valence-electron chi connectivity index (χ1n) is 13.1. The second kappa shape index (κ2) is 7.58. The summed E-state index contributed by atoms with van der Waals surface area (Å²) in [6.45, 7) is 3.15. The molecule has 192 valence electrons. The average Bonchev–Trinajstić information content (AvgIpc) is 3.61. The molecular weight excluding hydrogens is 472 g/mol. The van der Waals surface area contributed by atoms with Gasteiger partial charge in [0, 0.05) is 35.8 Å². The SMILES string of the molecule is CC(=O)c1ccc(NC(=O)C2=C(O)[C@@H]3Oc4c(O)ccc5c4[C@@]34CCN(CC3CC3)[C@H](C5)[C@]4(O)C2)cc1. The van der Waals surface area contributed by atoms with Gasteiger partial charge in [-0.1, -0.05) is 6.07 Å². The summed E-state index contributed by atoms with van der Waals surface area (Å²) in [6.07, 6.45) is 2.57. The van der Waals surface area contributed by atoms with E-state index in [1.165, 1.54) is 19.8 Å². The number of phenolic OH excluding ortho intramolecular Hbond substituents is 1. The van der Waals surface area contributed by atoms with E-state index >= 15 is 0 Å². The van der Waals surface area contributed by atoms with E-state index in [9.17, 15) is 24.9 Å².